The number of hydrogen-bond acceptors (Lipinski definition) is 4. The predicted octanol–water partition coefficient (Wildman–Crippen LogP) is 2.70. The molecule has 1 aliphatic rings. The van der Waals surface area contributed by atoms with E-state index in [1.165, 1.54) is 18.4 Å². The first-order valence-corrected chi connectivity index (χ1v) is 7.80. The topological polar surface area (TPSA) is 33.7 Å². The molecule has 1 saturated heterocycles. The van der Waals surface area contributed by atoms with Crippen molar-refractivity contribution in [2.75, 3.05) is 40.9 Å². The lowest BCUT2D eigenvalue weighted by atomic mass is 9.95. The molecule has 1 aliphatic heterocycles. The molecular formula is C17H28N2O2. The molecule has 21 heavy (non-hydrogen) atoms. The SMILES string of the molecule is CNCC1CCCN(C(C)c2ccc(OC)cc2OC)C1. The van der Waals surface area contributed by atoms with E-state index in [0.717, 1.165) is 37.1 Å². The minimum atomic E-state index is 0.366. The third-order valence-corrected chi connectivity index (χ3v) is 4.48. The zero-order valence-electron chi connectivity index (χ0n) is 13.7. The van der Waals surface area contributed by atoms with Gasteiger partial charge in [0, 0.05) is 24.2 Å². The number of nitrogens with zero attached hydrogens (tertiary/aromatic N) is 1. The third-order valence-electron chi connectivity index (χ3n) is 4.48. The van der Waals surface area contributed by atoms with E-state index in [9.17, 15) is 0 Å². The van der Waals surface area contributed by atoms with Gasteiger partial charge in [0.25, 0.3) is 0 Å². The van der Waals surface area contributed by atoms with Crippen molar-refractivity contribution in [3.63, 3.8) is 0 Å². The van der Waals surface area contributed by atoms with E-state index in [2.05, 4.69) is 23.2 Å². The van der Waals surface area contributed by atoms with E-state index < -0.39 is 0 Å². The van der Waals surface area contributed by atoms with Gasteiger partial charge in [-0.1, -0.05) is 6.07 Å². The normalized spacial score (nSPS) is 21.0. The van der Waals surface area contributed by atoms with Crippen LogP contribution in [-0.4, -0.2) is 45.8 Å². The summed E-state index contributed by atoms with van der Waals surface area (Å²) in [5.74, 6) is 2.50. The second-order valence-corrected chi connectivity index (χ2v) is 5.84. The van der Waals surface area contributed by atoms with E-state index in [-0.39, 0.29) is 0 Å². The number of methoxy groups -OCH3 is 2. The van der Waals surface area contributed by atoms with Crippen molar-refractivity contribution in [3.05, 3.63) is 23.8 Å². The average molecular weight is 292 g/mol. The maximum Gasteiger partial charge on any atom is 0.127 e. The fourth-order valence-corrected chi connectivity index (χ4v) is 3.26. The molecule has 1 N–H and O–H groups in total. The number of ether oxygens (including phenoxy) is 2. The van der Waals surface area contributed by atoms with Crippen molar-refractivity contribution >= 4 is 0 Å². The molecule has 0 amide bonds. The van der Waals surface area contributed by atoms with Crippen LogP contribution in [0.5, 0.6) is 11.5 Å². The Labute approximate surface area is 128 Å². The number of hydrogen-bond donors (Lipinski definition) is 1. The highest BCUT2D eigenvalue weighted by atomic mass is 16.5. The maximum absolute atomic E-state index is 5.56. The maximum atomic E-state index is 5.56. The highest BCUT2D eigenvalue weighted by Gasteiger charge is 2.25. The van der Waals surface area contributed by atoms with Gasteiger partial charge in [-0.2, -0.15) is 0 Å². The summed E-state index contributed by atoms with van der Waals surface area (Å²) < 4.78 is 10.8. The van der Waals surface area contributed by atoms with Crippen LogP contribution in [0, 0.1) is 5.92 Å². The second-order valence-electron chi connectivity index (χ2n) is 5.84. The monoisotopic (exact) mass is 292 g/mol. The number of benzene rings is 1. The first-order chi connectivity index (χ1) is 10.2. The van der Waals surface area contributed by atoms with E-state index in [0.29, 0.717) is 6.04 Å². The van der Waals surface area contributed by atoms with Gasteiger partial charge < -0.3 is 14.8 Å². The number of likely N-dealkylation sites (tertiary alicyclic amines) is 1. The molecule has 1 heterocycles. The molecule has 2 atom stereocenters. The van der Waals surface area contributed by atoms with Crippen LogP contribution in [-0.2, 0) is 0 Å². The molecule has 0 saturated carbocycles. The molecule has 0 radical (unpaired) electrons. The standard InChI is InChI=1S/C17H28N2O2/c1-13(19-9-5-6-14(12-19)11-18-2)16-8-7-15(20-3)10-17(16)21-4/h7-8,10,13-14,18H,5-6,9,11-12H2,1-4H3. The first-order valence-electron chi connectivity index (χ1n) is 7.80. The molecule has 4 nitrogen and oxygen atoms in total. The molecule has 2 rings (SSSR count). The fourth-order valence-electron chi connectivity index (χ4n) is 3.26. The fraction of sp³-hybridized carbons (Fsp3) is 0.647. The van der Waals surface area contributed by atoms with Crippen LogP contribution in [0.25, 0.3) is 0 Å². The summed E-state index contributed by atoms with van der Waals surface area (Å²) in [6.45, 7) is 5.68. The Hall–Kier alpha value is -1.26. The van der Waals surface area contributed by atoms with Gasteiger partial charge in [-0.3, -0.25) is 4.90 Å². The van der Waals surface area contributed by atoms with Crippen molar-refractivity contribution in [1.82, 2.24) is 10.2 Å². The van der Waals surface area contributed by atoms with Gasteiger partial charge in [0.1, 0.15) is 11.5 Å². The summed E-state index contributed by atoms with van der Waals surface area (Å²) >= 11 is 0. The summed E-state index contributed by atoms with van der Waals surface area (Å²) in [5, 5.41) is 3.31. The van der Waals surface area contributed by atoms with Crippen molar-refractivity contribution in [3.8, 4) is 11.5 Å². The highest BCUT2D eigenvalue weighted by Crippen LogP contribution is 2.34. The summed E-state index contributed by atoms with van der Waals surface area (Å²) in [4.78, 5) is 2.57. The molecule has 1 aromatic rings. The zero-order chi connectivity index (χ0) is 15.2. The summed E-state index contributed by atoms with van der Waals surface area (Å²) in [6.07, 6.45) is 2.60. The predicted molar refractivity (Wildman–Crippen MR) is 86.2 cm³/mol. The highest BCUT2D eigenvalue weighted by molar-refractivity contribution is 5.42. The van der Waals surface area contributed by atoms with E-state index in [1.54, 1.807) is 14.2 Å². The van der Waals surface area contributed by atoms with Gasteiger partial charge in [-0.25, -0.2) is 0 Å². The molecule has 0 aliphatic carbocycles. The summed E-state index contributed by atoms with van der Waals surface area (Å²) in [7, 11) is 5.45. The molecular weight excluding hydrogens is 264 g/mol. The molecule has 0 spiro atoms. The quantitative estimate of drug-likeness (QED) is 0.874. The zero-order valence-corrected chi connectivity index (χ0v) is 13.7. The van der Waals surface area contributed by atoms with Crippen LogP contribution in [0.1, 0.15) is 31.4 Å². The van der Waals surface area contributed by atoms with Crippen molar-refractivity contribution in [2.45, 2.75) is 25.8 Å². The minimum Gasteiger partial charge on any atom is -0.497 e. The largest absolute Gasteiger partial charge is 0.497 e. The van der Waals surface area contributed by atoms with Crippen LogP contribution in [0.2, 0.25) is 0 Å². The molecule has 0 bridgehead atoms. The van der Waals surface area contributed by atoms with Gasteiger partial charge in [0.2, 0.25) is 0 Å². The number of nitrogens with one attached hydrogen (secondary N) is 1. The van der Waals surface area contributed by atoms with Gasteiger partial charge in [-0.05, 0) is 51.9 Å². The van der Waals surface area contributed by atoms with Crippen molar-refractivity contribution < 1.29 is 9.47 Å². The van der Waals surface area contributed by atoms with Crippen LogP contribution in [0.15, 0.2) is 18.2 Å². The smallest absolute Gasteiger partial charge is 0.127 e. The Balaban J connectivity index is 2.13. The van der Waals surface area contributed by atoms with Crippen LogP contribution in [0.3, 0.4) is 0 Å². The van der Waals surface area contributed by atoms with Crippen molar-refractivity contribution in [1.29, 1.82) is 0 Å². The number of rotatable bonds is 6. The van der Waals surface area contributed by atoms with Crippen molar-refractivity contribution in [2.24, 2.45) is 5.92 Å². The molecule has 1 fully saturated rings. The second kappa shape index (κ2) is 7.66. The first kappa shape index (κ1) is 16.1. The third kappa shape index (κ3) is 3.89. The molecule has 0 aromatic heterocycles. The molecule has 1 aromatic carbocycles. The van der Waals surface area contributed by atoms with Gasteiger partial charge in [-0.15, -0.1) is 0 Å². The summed E-state index contributed by atoms with van der Waals surface area (Å²) in [5.41, 5.74) is 1.24. The Morgan fingerprint density at radius 1 is 1.33 bits per heavy atom. The Kier molecular flexibility index (Phi) is 5.88. The summed E-state index contributed by atoms with van der Waals surface area (Å²) in [6, 6.07) is 6.49. The Morgan fingerprint density at radius 3 is 2.81 bits per heavy atom. The molecule has 2 unspecified atom stereocenters. The number of piperidine rings is 1. The average Bonchev–Trinajstić information content (AvgIpc) is 2.54. The lowest BCUT2D eigenvalue weighted by molar-refractivity contribution is 0.130. The van der Waals surface area contributed by atoms with Crippen LogP contribution >= 0.6 is 0 Å². The van der Waals surface area contributed by atoms with Gasteiger partial charge >= 0.3 is 0 Å². The van der Waals surface area contributed by atoms with E-state index >= 15 is 0 Å². The molecule has 118 valence electrons. The van der Waals surface area contributed by atoms with E-state index in [1.807, 2.05) is 19.2 Å². The van der Waals surface area contributed by atoms with Gasteiger partial charge in [0.15, 0.2) is 0 Å². The van der Waals surface area contributed by atoms with Gasteiger partial charge in [0.05, 0.1) is 14.2 Å². The minimum absolute atomic E-state index is 0.366. The lowest BCUT2D eigenvalue weighted by Gasteiger charge is -2.37. The van der Waals surface area contributed by atoms with Crippen LogP contribution in [0.4, 0.5) is 0 Å². The lowest BCUT2D eigenvalue weighted by Crippen LogP contribution is -2.40. The molecule has 4 heteroatoms. The van der Waals surface area contributed by atoms with Crippen LogP contribution < -0.4 is 14.8 Å². The van der Waals surface area contributed by atoms with E-state index in [4.69, 9.17) is 9.47 Å². The Bertz CT molecular complexity index is 448. The Morgan fingerprint density at radius 2 is 2.14 bits per heavy atom.